The second-order valence-electron chi connectivity index (χ2n) is 8.30. The molecule has 0 spiro atoms. The van der Waals surface area contributed by atoms with Gasteiger partial charge in [-0.25, -0.2) is 0 Å². The molecule has 0 bridgehead atoms. The van der Waals surface area contributed by atoms with E-state index in [0.717, 1.165) is 41.3 Å². The number of methoxy groups -OCH3 is 1. The van der Waals surface area contributed by atoms with Gasteiger partial charge in [-0.15, -0.1) is 0 Å². The second-order valence-corrected chi connectivity index (χ2v) is 8.70. The lowest BCUT2D eigenvalue weighted by molar-refractivity contribution is 0.419. The lowest BCUT2D eigenvalue weighted by Crippen LogP contribution is -2.33. The van der Waals surface area contributed by atoms with Gasteiger partial charge in [0.25, 0.3) is 0 Å². The zero-order valence-electron chi connectivity index (χ0n) is 18.4. The maximum absolute atomic E-state index is 5.59. The highest BCUT2D eigenvalue weighted by Crippen LogP contribution is 2.30. The largest absolute Gasteiger partial charge is 0.494 e. The van der Waals surface area contributed by atoms with Crippen molar-refractivity contribution in [2.45, 2.75) is 32.7 Å². The lowest BCUT2D eigenvalue weighted by atomic mass is 9.98. The van der Waals surface area contributed by atoms with Crippen LogP contribution in [0.25, 0.3) is 10.9 Å². The van der Waals surface area contributed by atoms with Crippen LogP contribution in [0.1, 0.15) is 38.3 Å². The Hall–Kier alpha value is -2.86. The molecule has 0 radical (unpaired) electrons. The molecule has 2 heterocycles. The van der Waals surface area contributed by atoms with Gasteiger partial charge in [0.15, 0.2) is 5.11 Å². The highest BCUT2D eigenvalue weighted by Gasteiger charge is 2.16. The van der Waals surface area contributed by atoms with E-state index in [2.05, 4.69) is 58.6 Å². The summed E-state index contributed by atoms with van der Waals surface area (Å²) in [5.41, 5.74) is 4.23. The van der Waals surface area contributed by atoms with Crippen molar-refractivity contribution in [1.82, 2.24) is 10.3 Å². The van der Waals surface area contributed by atoms with Crippen molar-refractivity contribution >= 4 is 39.6 Å². The SMILES string of the molecule is COc1ccc(NC(=S)N[C@H](C)c2ccc(N3CCC(C)CC3)cc2)c2cccnc12. The van der Waals surface area contributed by atoms with Crippen molar-refractivity contribution in [3.05, 3.63) is 60.3 Å². The molecule has 1 aliphatic heterocycles. The number of aromatic nitrogens is 1. The summed E-state index contributed by atoms with van der Waals surface area (Å²) in [5, 5.41) is 8.27. The molecule has 0 aliphatic carbocycles. The van der Waals surface area contributed by atoms with Crippen LogP contribution in [0.3, 0.4) is 0 Å². The fourth-order valence-corrected chi connectivity index (χ4v) is 4.39. The maximum atomic E-state index is 5.59. The standard InChI is InChI=1S/C25H30N4OS/c1-17-12-15-29(16-13-17)20-8-6-19(7-9-20)18(2)27-25(31)28-22-10-11-23(30-3)24-21(22)5-4-14-26-24/h4-11,14,17-18H,12-13,15-16H2,1-3H3,(H2,27,28,31)/t18-/m1/s1. The number of nitrogens with zero attached hydrogens (tertiary/aromatic N) is 2. The third-order valence-corrected chi connectivity index (χ3v) is 6.31. The summed E-state index contributed by atoms with van der Waals surface area (Å²) >= 11 is 5.59. The molecule has 2 N–H and O–H groups in total. The number of nitrogens with one attached hydrogen (secondary N) is 2. The van der Waals surface area contributed by atoms with E-state index in [-0.39, 0.29) is 6.04 Å². The number of ether oxygens (including phenoxy) is 1. The van der Waals surface area contributed by atoms with Crippen molar-refractivity contribution in [3.63, 3.8) is 0 Å². The van der Waals surface area contributed by atoms with Gasteiger partial charge < -0.3 is 20.3 Å². The van der Waals surface area contributed by atoms with Gasteiger partial charge in [-0.2, -0.15) is 0 Å². The van der Waals surface area contributed by atoms with Gasteiger partial charge >= 0.3 is 0 Å². The molecule has 0 amide bonds. The Kier molecular flexibility index (Phi) is 6.56. The first kappa shape index (κ1) is 21.4. The number of thiocarbonyl (C=S) groups is 1. The normalized spacial score (nSPS) is 15.5. The van der Waals surface area contributed by atoms with Crippen LogP contribution in [-0.2, 0) is 0 Å². The summed E-state index contributed by atoms with van der Waals surface area (Å²) in [6.45, 7) is 6.76. The maximum Gasteiger partial charge on any atom is 0.171 e. The molecule has 1 fully saturated rings. The molecule has 1 atom stereocenters. The minimum absolute atomic E-state index is 0.0954. The molecular formula is C25H30N4OS. The summed E-state index contributed by atoms with van der Waals surface area (Å²) in [7, 11) is 1.65. The topological polar surface area (TPSA) is 49.4 Å². The molecule has 31 heavy (non-hydrogen) atoms. The summed E-state index contributed by atoms with van der Waals surface area (Å²) in [4.78, 5) is 6.93. The lowest BCUT2D eigenvalue weighted by Gasteiger charge is -2.32. The number of anilines is 2. The number of fused-ring (bicyclic) bond motifs is 1. The number of benzene rings is 2. The van der Waals surface area contributed by atoms with E-state index in [1.54, 1.807) is 13.3 Å². The Morgan fingerprint density at radius 1 is 1.13 bits per heavy atom. The molecule has 1 aromatic heterocycles. The van der Waals surface area contributed by atoms with E-state index in [4.69, 9.17) is 17.0 Å². The summed E-state index contributed by atoms with van der Waals surface area (Å²) < 4.78 is 5.43. The molecule has 5 nitrogen and oxygen atoms in total. The van der Waals surface area contributed by atoms with E-state index < -0.39 is 0 Å². The molecule has 0 saturated carbocycles. The van der Waals surface area contributed by atoms with Crippen LogP contribution >= 0.6 is 12.2 Å². The number of hydrogen-bond donors (Lipinski definition) is 2. The predicted octanol–water partition coefficient (Wildman–Crippen LogP) is 5.53. The van der Waals surface area contributed by atoms with Gasteiger partial charge in [-0.05, 0) is 79.9 Å². The van der Waals surface area contributed by atoms with Gasteiger partial charge in [0.2, 0.25) is 0 Å². The fraction of sp³-hybridized carbons (Fsp3) is 0.360. The van der Waals surface area contributed by atoms with E-state index in [1.807, 2.05) is 24.3 Å². The Balaban J connectivity index is 1.40. The molecular weight excluding hydrogens is 404 g/mol. The second kappa shape index (κ2) is 9.52. The van der Waals surface area contributed by atoms with E-state index in [1.165, 1.54) is 24.1 Å². The average Bonchev–Trinajstić information content (AvgIpc) is 2.80. The summed E-state index contributed by atoms with van der Waals surface area (Å²) in [6, 6.07) is 16.7. The molecule has 2 aromatic carbocycles. The minimum Gasteiger partial charge on any atom is -0.494 e. The quantitative estimate of drug-likeness (QED) is 0.515. The predicted molar refractivity (Wildman–Crippen MR) is 133 cm³/mol. The van der Waals surface area contributed by atoms with Gasteiger partial charge in [0.05, 0.1) is 13.2 Å². The highest BCUT2D eigenvalue weighted by molar-refractivity contribution is 7.80. The smallest absolute Gasteiger partial charge is 0.171 e. The van der Waals surface area contributed by atoms with Crippen LogP contribution in [0.2, 0.25) is 0 Å². The first-order valence-corrected chi connectivity index (χ1v) is 11.3. The third kappa shape index (κ3) is 4.90. The first-order chi connectivity index (χ1) is 15.0. The Morgan fingerprint density at radius 2 is 1.87 bits per heavy atom. The van der Waals surface area contributed by atoms with E-state index >= 15 is 0 Å². The molecule has 4 rings (SSSR count). The van der Waals surface area contributed by atoms with Crippen LogP contribution in [-0.4, -0.2) is 30.3 Å². The molecule has 0 unspecified atom stereocenters. The molecule has 6 heteroatoms. The number of rotatable bonds is 5. The number of piperidine rings is 1. The van der Waals surface area contributed by atoms with Crippen LogP contribution in [0.4, 0.5) is 11.4 Å². The van der Waals surface area contributed by atoms with E-state index in [0.29, 0.717) is 5.11 Å². The highest BCUT2D eigenvalue weighted by atomic mass is 32.1. The van der Waals surface area contributed by atoms with Crippen molar-refractivity contribution < 1.29 is 4.74 Å². The van der Waals surface area contributed by atoms with Crippen molar-refractivity contribution in [1.29, 1.82) is 0 Å². The van der Waals surface area contributed by atoms with Gasteiger partial charge in [-0.3, -0.25) is 4.98 Å². The molecule has 162 valence electrons. The Morgan fingerprint density at radius 3 is 2.58 bits per heavy atom. The van der Waals surface area contributed by atoms with Gasteiger partial charge in [0, 0.05) is 36.0 Å². The fourth-order valence-electron chi connectivity index (χ4n) is 4.10. The van der Waals surface area contributed by atoms with Crippen LogP contribution < -0.4 is 20.3 Å². The monoisotopic (exact) mass is 434 g/mol. The molecule has 3 aromatic rings. The van der Waals surface area contributed by atoms with Crippen molar-refractivity contribution in [2.75, 3.05) is 30.4 Å². The van der Waals surface area contributed by atoms with Crippen LogP contribution in [0.15, 0.2) is 54.7 Å². The third-order valence-electron chi connectivity index (χ3n) is 6.09. The van der Waals surface area contributed by atoms with E-state index in [9.17, 15) is 0 Å². The van der Waals surface area contributed by atoms with Gasteiger partial charge in [0.1, 0.15) is 11.3 Å². The number of hydrogen-bond acceptors (Lipinski definition) is 4. The van der Waals surface area contributed by atoms with Crippen molar-refractivity contribution in [3.8, 4) is 5.75 Å². The Labute approximate surface area is 189 Å². The minimum atomic E-state index is 0.0954. The zero-order chi connectivity index (χ0) is 21.8. The summed E-state index contributed by atoms with van der Waals surface area (Å²) in [5.74, 6) is 1.59. The average molecular weight is 435 g/mol. The Bertz CT molecular complexity index is 1050. The van der Waals surface area contributed by atoms with Gasteiger partial charge in [-0.1, -0.05) is 19.1 Å². The van der Waals surface area contributed by atoms with Crippen molar-refractivity contribution in [2.24, 2.45) is 5.92 Å². The molecule has 1 aliphatic rings. The first-order valence-electron chi connectivity index (χ1n) is 10.9. The number of pyridine rings is 1. The molecule has 1 saturated heterocycles. The summed E-state index contributed by atoms with van der Waals surface area (Å²) in [6.07, 6.45) is 4.31. The zero-order valence-corrected chi connectivity index (χ0v) is 19.2. The van der Waals surface area contributed by atoms with Crippen LogP contribution in [0, 0.1) is 5.92 Å². The van der Waals surface area contributed by atoms with Crippen LogP contribution in [0.5, 0.6) is 5.75 Å².